The molecule has 0 spiro atoms. The second-order valence-electron chi connectivity index (χ2n) is 4.64. The molecule has 0 fully saturated rings. The summed E-state index contributed by atoms with van der Waals surface area (Å²) >= 11 is 0. The van der Waals surface area contributed by atoms with E-state index in [1.165, 1.54) is 5.56 Å². The van der Waals surface area contributed by atoms with Crippen LogP contribution in [0.1, 0.15) is 17.3 Å². The zero-order chi connectivity index (χ0) is 13.2. The van der Waals surface area contributed by atoms with Gasteiger partial charge in [-0.15, -0.1) is 0 Å². The van der Waals surface area contributed by atoms with Gasteiger partial charge in [-0.25, -0.2) is 4.98 Å². The smallest absolute Gasteiger partial charge is 0.130 e. The number of imidazole rings is 1. The molecule has 1 atom stereocenters. The number of likely N-dealkylation sites (N-methyl/N-ethyl adjacent to an activating group) is 1. The van der Waals surface area contributed by atoms with Crippen molar-refractivity contribution < 1.29 is 9.47 Å². The maximum absolute atomic E-state index is 5.76. The van der Waals surface area contributed by atoms with Gasteiger partial charge < -0.3 is 19.4 Å². The van der Waals surface area contributed by atoms with Crippen molar-refractivity contribution in [3.05, 3.63) is 42.0 Å². The molecule has 0 saturated heterocycles. The molecule has 1 aromatic carbocycles. The lowest BCUT2D eigenvalue weighted by Gasteiger charge is -2.09. The molecule has 1 N–H and O–H groups in total. The van der Waals surface area contributed by atoms with Crippen molar-refractivity contribution in [3.63, 3.8) is 0 Å². The van der Waals surface area contributed by atoms with Gasteiger partial charge in [-0.1, -0.05) is 0 Å². The zero-order valence-electron chi connectivity index (χ0n) is 11.1. The van der Waals surface area contributed by atoms with Gasteiger partial charge in [-0.05, 0) is 19.2 Å². The first-order chi connectivity index (χ1) is 9.28. The minimum absolute atomic E-state index is 0.279. The maximum Gasteiger partial charge on any atom is 0.130 e. The Labute approximate surface area is 112 Å². The molecule has 2 aromatic rings. The number of benzene rings is 1. The molecule has 5 nitrogen and oxygen atoms in total. The fourth-order valence-corrected chi connectivity index (χ4v) is 2.20. The van der Waals surface area contributed by atoms with E-state index in [1.807, 2.05) is 30.8 Å². The van der Waals surface area contributed by atoms with Crippen molar-refractivity contribution in [2.75, 3.05) is 13.7 Å². The average molecular weight is 259 g/mol. The summed E-state index contributed by atoms with van der Waals surface area (Å²) in [5, 5.41) is 3.22. The van der Waals surface area contributed by atoms with E-state index in [9.17, 15) is 0 Å². The fraction of sp³-hybridized carbons (Fsp3) is 0.357. The van der Waals surface area contributed by atoms with Crippen LogP contribution in [0, 0.1) is 0 Å². The Balaban J connectivity index is 1.72. The molecule has 2 heterocycles. The molecule has 1 aromatic heterocycles. The number of rotatable bonds is 4. The zero-order valence-corrected chi connectivity index (χ0v) is 11.1. The molecule has 0 bridgehead atoms. The first-order valence-corrected chi connectivity index (χ1v) is 6.30. The molecule has 1 aliphatic rings. The van der Waals surface area contributed by atoms with Gasteiger partial charge in [0.05, 0.1) is 24.3 Å². The number of aromatic nitrogens is 2. The van der Waals surface area contributed by atoms with E-state index in [0.29, 0.717) is 13.2 Å². The average Bonchev–Trinajstić information content (AvgIpc) is 3.01. The van der Waals surface area contributed by atoms with Crippen LogP contribution in [0.5, 0.6) is 11.5 Å². The number of fused-ring (bicyclic) bond motifs is 1. The Kier molecular flexibility index (Phi) is 3.13. The molecular formula is C14H17N3O2. The topological polar surface area (TPSA) is 48.3 Å². The summed E-state index contributed by atoms with van der Waals surface area (Å²) in [7, 11) is 3.89. The number of nitrogens with one attached hydrogen (secondary N) is 1. The normalized spacial score (nSPS) is 17.1. The highest BCUT2D eigenvalue weighted by atomic mass is 16.5. The Morgan fingerprint density at radius 3 is 3.16 bits per heavy atom. The van der Waals surface area contributed by atoms with Crippen LogP contribution in [-0.2, 0) is 13.7 Å². The van der Waals surface area contributed by atoms with Crippen LogP contribution in [0.15, 0.2) is 30.7 Å². The van der Waals surface area contributed by atoms with Crippen molar-refractivity contribution in [2.24, 2.45) is 7.05 Å². The van der Waals surface area contributed by atoms with Gasteiger partial charge in [0.1, 0.15) is 24.7 Å². The molecule has 0 radical (unpaired) electrons. The number of hydrogen-bond acceptors (Lipinski definition) is 4. The third-order valence-electron chi connectivity index (χ3n) is 3.42. The molecule has 1 unspecified atom stereocenters. The van der Waals surface area contributed by atoms with Gasteiger partial charge >= 0.3 is 0 Å². The fourth-order valence-electron chi connectivity index (χ4n) is 2.20. The predicted octanol–water partition coefficient (Wildman–Crippen LogP) is 1.65. The standard InChI is InChI=1S/C14H17N3O2/c1-15-13-8-19-14-5-11(3-4-12(13)14)18-7-10-6-16-9-17(10)2/h3-6,9,13,15H,7-8H2,1-2H3. The van der Waals surface area contributed by atoms with Crippen LogP contribution < -0.4 is 14.8 Å². The van der Waals surface area contributed by atoms with Crippen molar-refractivity contribution in [3.8, 4) is 11.5 Å². The predicted molar refractivity (Wildman–Crippen MR) is 71.3 cm³/mol. The van der Waals surface area contributed by atoms with Gasteiger partial charge in [-0.3, -0.25) is 0 Å². The van der Waals surface area contributed by atoms with Gasteiger partial charge in [0.15, 0.2) is 0 Å². The van der Waals surface area contributed by atoms with Gasteiger partial charge in [0.25, 0.3) is 0 Å². The van der Waals surface area contributed by atoms with E-state index >= 15 is 0 Å². The quantitative estimate of drug-likeness (QED) is 0.907. The number of ether oxygens (including phenoxy) is 2. The Morgan fingerprint density at radius 1 is 1.53 bits per heavy atom. The lowest BCUT2D eigenvalue weighted by Crippen LogP contribution is -2.17. The highest BCUT2D eigenvalue weighted by Crippen LogP contribution is 2.35. The highest BCUT2D eigenvalue weighted by Gasteiger charge is 2.22. The van der Waals surface area contributed by atoms with E-state index in [0.717, 1.165) is 17.2 Å². The summed E-state index contributed by atoms with van der Waals surface area (Å²) < 4.78 is 13.4. The lowest BCUT2D eigenvalue weighted by atomic mass is 10.1. The second-order valence-corrected chi connectivity index (χ2v) is 4.64. The van der Waals surface area contributed by atoms with Gasteiger partial charge in [-0.2, -0.15) is 0 Å². The molecule has 3 rings (SSSR count). The van der Waals surface area contributed by atoms with E-state index in [-0.39, 0.29) is 6.04 Å². The van der Waals surface area contributed by atoms with Crippen molar-refractivity contribution in [1.29, 1.82) is 0 Å². The number of nitrogens with zero attached hydrogens (tertiary/aromatic N) is 2. The molecule has 5 heteroatoms. The molecule has 0 saturated carbocycles. The summed E-state index contributed by atoms with van der Waals surface area (Å²) in [6.07, 6.45) is 3.57. The minimum atomic E-state index is 0.279. The molecular weight excluding hydrogens is 242 g/mol. The maximum atomic E-state index is 5.76. The monoisotopic (exact) mass is 259 g/mol. The van der Waals surface area contributed by atoms with Crippen molar-refractivity contribution in [2.45, 2.75) is 12.6 Å². The molecule has 100 valence electrons. The molecule has 1 aliphatic heterocycles. The van der Waals surface area contributed by atoms with Crippen LogP contribution >= 0.6 is 0 Å². The first-order valence-electron chi connectivity index (χ1n) is 6.30. The SMILES string of the molecule is CNC1COc2cc(OCc3cncn3C)ccc21. The van der Waals surface area contributed by atoms with E-state index in [4.69, 9.17) is 9.47 Å². The Morgan fingerprint density at radius 2 is 2.42 bits per heavy atom. The van der Waals surface area contributed by atoms with Crippen LogP contribution in [0.3, 0.4) is 0 Å². The van der Waals surface area contributed by atoms with Crippen molar-refractivity contribution in [1.82, 2.24) is 14.9 Å². The lowest BCUT2D eigenvalue weighted by molar-refractivity contribution is 0.292. The molecule has 0 amide bonds. The summed E-state index contributed by atoms with van der Waals surface area (Å²) in [4.78, 5) is 4.06. The Hall–Kier alpha value is -2.01. The van der Waals surface area contributed by atoms with Crippen LogP contribution in [-0.4, -0.2) is 23.2 Å². The third kappa shape index (κ3) is 2.29. The van der Waals surface area contributed by atoms with Crippen molar-refractivity contribution >= 4 is 0 Å². The van der Waals surface area contributed by atoms with Crippen LogP contribution in [0.4, 0.5) is 0 Å². The van der Waals surface area contributed by atoms with Gasteiger partial charge in [0.2, 0.25) is 0 Å². The first kappa shape index (κ1) is 12.0. The molecule has 0 aliphatic carbocycles. The minimum Gasteiger partial charge on any atom is -0.491 e. The van der Waals surface area contributed by atoms with E-state index in [2.05, 4.69) is 16.4 Å². The van der Waals surface area contributed by atoms with E-state index < -0.39 is 0 Å². The summed E-state index contributed by atoms with van der Waals surface area (Å²) in [5.41, 5.74) is 2.23. The van der Waals surface area contributed by atoms with Crippen LogP contribution in [0.2, 0.25) is 0 Å². The summed E-state index contributed by atoms with van der Waals surface area (Å²) in [6, 6.07) is 6.26. The highest BCUT2D eigenvalue weighted by molar-refractivity contribution is 5.45. The van der Waals surface area contributed by atoms with Gasteiger partial charge in [0, 0.05) is 18.7 Å². The number of aryl methyl sites for hydroxylation is 1. The number of hydrogen-bond donors (Lipinski definition) is 1. The summed E-state index contributed by atoms with van der Waals surface area (Å²) in [6.45, 7) is 1.18. The Bertz CT molecular complexity index is 580. The third-order valence-corrected chi connectivity index (χ3v) is 3.42. The van der Waals surface area contributed by atoms with E-state index in [1.54, 1.807) is 12.5 Å². The van der Waals surface area contributed by atoms with Crippen LogP contribution in [0.25, 0.3) is 0 Å². The molecule has 19 heavy (non-hydrogen) atoms. The summed E-state index contributed by atoms with van der Waals surface area (Å²) in [5.74, 6) is 1.72. The second kappa shape index (κ2) is 4.93. The largest absolute Gasteiger partial charge is 0.491 e.